The fourth-order valence-electron chi connectivity index (χ4n) is 2.24. The number of Topliss-reactive ketones (excluding diaryl/α,β-unsaturated/α-hetero) is 1. The van der Waals surface area contributed by atoms with E-state index in [1.807, 2.05) is 19.1 Å². The average molecular weight is 388 g/mol. The SMILES string of the molecule is CCc1ccc(C(=O)CCC(=O)NNC(=O)CSc2ccccc2F)cc1. The first kappa shape index (κ1) is 20.6. The molecule has 0 atom stereocenters. The predicted octanol–water partition coefficient (Wildman–Crippen LogP) is 3.29. The smallest absolute Gasteiger partial charge is 0.248 e. The summed E-state index contributed by atoms with van der Waals surface area (Å²) in [5.74, 6) is -1.49. The number of benzene rings is 2. The van der Waals surface area contributed by atoms with Crippen LogP contribution in [-0.2, 0) is 16.0 Å². The summed E-state index contributed by atoms with van der Waals surface area (Å²) in [6.07, 6.45) is 0.915. The number of hydrogen-bond donors (Lipinski definition) is 2. The molecule has 2 aromatic rings. The summed E-state index contributed by atoms with van der Waals surface area (Å²) >= 11 is 1.03. The molecule has 0 radical (unpaired) electrons. The van der Waals surface area contributed by atoms with E-state index in [1.165, 1.54) is 6.07 Å². The van der Waals surface area contributed by atoms with Crippen molar-refractivity contribution < 1.29 is 18.8 Å². The highest BCUT2D eigenvalue weighted by molar-refractivity contribution is 8.00. The van der Waals surface area contributed by atoms with Crippen LogP contribution in [0.15, 0.2) is 53.4 Å². The Hall–Kier alpha value is -2.67. The minimum Gasteiger partial charge on any atom is -0.294 e. The fraction of sp³-hybridized carbons (Fsp3) is 0.250. The van der Waals surface area contributed by atoms with Crippen LogP contribution < -0.4 is 10.9 Å². The van der Waals surface area contributed by atoms with Crippen molar-refractivity contribution >= 4 is 29.4 Å². The van der Waals surface area contributed by atoms with E-state index in [0.29, 0.717) is 10.5 Å². The number of carbonyl (C=O) groups excluding carboxylic acids is 3. The topological polar surface area (TPSA) is 75.3 Å². The lowest BCUT2D eigenvalue weighted by molar-refractivity contribution is -0.127. The second-order valence-electron chi connectivity index (χ2n) is 5.79. The number of amides is 2. The normalized spacial score (nSPS) is 10.3. The number of thioether (sulfide) groups is 1. The van der Waals surface area contributed by atoms with Crippen molar-refractivity contribution in [3.63, 3.8) is 0 Å². The number of nitrogens with one attached hydrogen (secondary N) is 2. The van der Waals surface area contributed by atoms with Gasteiger partial charge in [-0.1, -0.05) is 43.3 Å². The van der Waals surface area contributed by atoms with Gasteiger partial charge in [0.1, 0.15) is 5.82 Å². The van der Waals surface area contributed by atoms with Crippen LogP contribution in [0.4, 0.5) is 4.39 Å². The summed E-state index contributed by atoms with van der Waals surface area (Å²) in [6.45, 7) is 2.03. The van der Waals surface area contributed by atoms with Crippen LogP contribution in [0, 0.1) is 5.82 Å². The first-order valence-corrected chi connectivity index (χ1v) is 9.55. The Morgan fingerprint density at radius 2 is 1.59 bits per heavy atom. The number of aryl methyl sites for hydroxylation is 1. The Balaban J connectivity index is 1.68. The van der Waals surface area contributed by atoms with Crippen molar-refractivity contribution in [3.8, 4) is 0 Å². The van der Waals surface area contributed by atoms with E-state index in [9.17, 15) is 18.8 Å². The zero-order valence-electron chi connectivity index (χ0n) is 15.0. The molecule has 142 valence electrons. The van der Waals surface area contributed by atoms with E-state index in [1.54, 1.807) is 30.3 Å². The van der Waals surface area contributed by atoms with Crippen molar-refractivity contribution in [2.24, 2.45) is 0 Å². The zero-order valence-corrected chi connectivity index (χ0v) is 15.8. The second-order valence-corrected chi connectivity index (χ2v) is 6.81. The number of ketones is 1. The van der Waals surface area contributed by atoms with Gasteiger partial charge in [-0.15, -0.1) is 11.8 Å². The Labute approximate surface area is 161 Å². The molecular formula is C20H21FN2O3S. The third-order valence-electron chi connectivity index (χ3n) is 3.80. The number of carbonyl (C=O) groups is 3. The van der Waals surface area contributed by atoms with Crippen LogP contribution in [0.5, 0.6) is 0 Å². The first-order chi connectivity index (χ1) is 13.0. The van der Waals surface area contributed by atoms with Gasteiger partial charge in [0.15, 0.2) is 5.78 Å². The molecule has 0 aromatic heterocycles. The van der Waals surface area contributed by atoms with Gasteiger partial charge in [-0.3, -0.25) is 25.2 Å². The minimum absolute atomic E-state index is 0.0326. The molecule has 2 aromatic carbocycles. The summed E-state index contributed by atoms with van der Waals surface area (Å²) in [4.78, 5) is 35.9. The largest absolute Gasteiger partial charge is 0.294 e. The van der Waals surface area contributed by atoms with Crippen LogP contribution in [0.3, 0.4) is 0 Å². The van der Waals surface area contributed by atoms with Crippen LogP contribution >= 0.6 is 11.8 Å². The van der Waals surface area contributed by atoms with Gasteiger partial charge in [-0.2, -0.15) is 0 Å². The molecule has 27 heavy (non-hydrogen) atoms. The summed E-state index contributed by atoms with van der Waals surface area (Å²) in [5.41, 5.74) is 6.22. The molecule has 0 spiro atoms. The van der Waals surface area contributed by atoms with Crippen LogP contribution in [0.2, 0.25) is 0 Å². The molecule has 0 saturated heterocycles. The van der Waals surface area contributed by atoms with Gasteiger partial charge in [-0.25, -0.2) is 4.39 Å². The molecule has 0 saturated carbocycles. The van der Waals surface area contributed by atoms with E-state index in [0.717, 1.165) is 23.7 Å². The molecule has 7 heteroatoms. The third kappa shape index (κ3) is 6.86. The standard InChI is InChI=1S/C20H21FN2O3S/c1-2-14-7-9-15(10-8-14)17(24)11-12-19(25)22-23-20(26)13-27-18-6-4-3-5-16(18)21/h3-10H,2,11-13H2,1H3,(H,22,25)(H,23,26). The Kier molecular flexibility index (Phi) is 8.00. The Morgan fingerprint density at radius 3 is 2.26 bits per heavy atom. The number of hydrazine groups is 1. The molecule has 0 fully saturated rings. The maximum Gasteiger partial charge on any atom is 0.248 e. The molecule has 2 rings (SSSR count). The summed E-state index contributed by atoms with van der Waals surface area (Å²) in [6, 6.07) is 13.4. The highest BCUT2D eigenvalue weighted by Crippen LogP contribution is 2.20. The lowest BCUT2D eigenvalue weighted by atomic mass is 10.0. The van der Waals surface area contributed by atoms with Crippen LogP contribution in [-0.4, -0.2) is 23.4 Å². The monoisotopic (exact) mass is 388 g/mol. The van der Waals surface area contributed by atoms with Crippen LogP contribution in [0.25, 0.3) is 0 Å². The van der Waals surface area contributed by atoms with E-state index < -0.39 is 17.6 Å². The van der Waals surface area contributed by atoms with Crippen molar-refractivity contribution in [2.45, 2.75) is 31.1 Å². The van der Waals surface area contributed by atoms with Crippen molar-refractivity contribution in [1.82, 2.24) is 10.9 Å². The van der Waals surface area contributed by atoms with Crippen molar-refractivity contribution in [1.29, 1.82) is 0 Å². The quantitative estimate of drug-likeness (QED) is 0.413. The molecule has 0 bridgehead atoms. The average Bonchev–Trinajstić information content (AvgIpc) is 2.69. The van der Waals surface area contributed by atoms with E-state index in [-0.39, 0.29) is 24.4 Å². The maximum atomic E-state index is 13.5. The molecule has 2 N–H and O–H groups in total. The van der Waals surface area contributed by atoms with Gasteiger partial charge in [0.05, 0.1) is 5.75 Å². The number of hydrogen-bond acceptors (Lipinski definition) is 4. The maximum absolute atomic E-state index is 13.5. The molecule has 2 amide bonds. The lowest BCUT2D eigenvalue weighted by Crippen LogP contribution is -2.42. The van der Waals surface area contributed by atoms with Gasteiger partial charge in [-0.05, 0) is 24.1 Å². The molecule has 0 heterocycles. The minimum atomic E-state index is -0.460. The van der Waals surface area contributed by atoms with Gasteiger partial charge in [0, 0.05) is 23.3 Å². The Morgan fingerprint density at radius 1 is 0.926 bits per heavy atom. The lowest BCUT2D eigenvalue weighted by Gasteiger charge is -2.07. The van der Waals surface area contributed by atoms with Gasteiger partial charge in [0.25, 0.3) is 0 Å². The molecule has 0 unspecified atom stereocenters. The van der Waals surface area contributed by atoms with Gasteiger partial charge < -0.3 is 0 Å². The second kappa shape index (κ2) is 10.5. The predicted molar refractivity (Wildman–Crippen MR) is 103 cm³/mol. The molecule has 0 aliphatic carbocycles. The molecule has 0 aliphatic rings. The van der Waals surface area contributed by atoms with E-state index >= 15 is 0 Å². The summed E-state index contributed by atoms with van der Waals surface area (Å²) in [7, 11) is 0. The van der Waals surface area contributed by atoms with Crippen molar-refractivity contribution in [2.75, 3.05) is 5.75 Å². The number of rotatable bonds is 8. The molecular weight excluding hydrogens is 367 g/mol. The van der Waals surface area contributed by atoms with E-state index in [4.69, 9.17) is 0 Å². The van der Waals surface area contributed by atoms with Gasteiger partial charge >= 0.3 is 0 Å². The molecule has 0 aliphatic heterocycles. The highest BCUT2D eigenvalue weighted by atomic mass is 32.2. The zero-order chi connectivity index (χ0) is 19.6. The fourth-order valence-corrected chi connectivity index (χ4v) is 2.98. The van der Waals surface area contributed by atoms with Gasteiger partial charge in [0.2, 0.25) is 11.8 Å². The Bertz CT molecular complexity index is 809. The number of halogens is 1. The third-order valence-corrected chi connectivity index (χ3v) is 4.85. The van der Waals surface area contributed by atoms with Crippen LogP contribution in [0.1, 0.15) is 35.7 Å². The summed E-state index contributed by atoms with van der Waals surface area (Å²) in [5, 5.41) is 0. The van der Waals surface area contributed by atoms with Crippen molar-refractivity contribution in [3.05, 3.63) is 65.5 Å². The highest BCUT2D eigenvalue weighted by Gasteiger charge is 2.11. The summed E-state index contributed by atoms with van der Waals surface area (Å²) < 4.78 is 13.5. The molecule has 5 nitrogen and oxygen atoms in total. The first-order valence-electron chi connectivity index (χ1n) is 8.56. The van der Waals surface area contributed by atoms with E-state index in [2.05, 4.69) is 10.9 Å².